The molecule has 0 aliphatic carbocycles. The summed E-state index contributed by atoms with van der Waals surface area (Å²) < 4.78 is 30.3. The van der Waals surface area contributed by atoms with E-state index in [0.29, 0.717) is 5.82 Å². The van der Waals surface area contributed by atoms with E-state index in [1.54, 1.807) is 31.8 Å². The van der Waals surface area contributed by atoms with Gasteiger partial charge in [0.25, 0.3) is 10.0 Å². The number of sulfonamides is 1. The molecule has 0 N–H and O–H groups in total. The molecule has 22 heavy (non-hydrogen) atoms. The Labute approximate surface area is 130 Å². The average molecular weight is 323 g/mol. The maximum Gasteiger partial charge on any atom is 0.262 e. The lowest BCUT2D eigenvalue weighted by molar-refractivity contribution is 0.460. The predicted octanol–water partition coefficient (Wildman–Crippen LogP) is 1.08. The summed E-state index contributed by atoms with van der Waals surface area (Å²) in [6, 6.07) is 0. The summed E-state index contributed by atoms with van der Waals surface area (Å²) in [5, 5.41) is 0.0824. The molecule has 0 unspecified atom stereocenters. The van der Waals surface area contributed by atoms with E-state index in [1.807, 2.05) is 6.20 Å². The summed E-state index contributed by atoms with van der Waals surface area (Å²) in [6.45, 7) is 3.01. The largest absolute Gasteiger partial charge is 0.337 e. The first-order valence-electron chi connectivity index (χ1n) is 7.39. The van der Waals surface area contributed by atoms with Crippen LogP contribution < -0.4 is 0 Å². The molecule has 0 bridgehead atoms. The number of imidazole rings is 2. The second-order valence-corrected chi connectivity index (χ2v) is 7.79. The van der Waals surface area contributed by atoms with E-state index in [4.69, 9.17) is 0 Å². The monoisotopic (exact) mass is 323 g/mol. The molecule has 2 aromatic heterocycles. The summed E-state index contributed by atoms with van der Waals surface area (Å²) in [5.41, 5.74) is 0.788. The van der Waals surface area contributed by atoms with Gasteiger partial charge >= 0.3 is 0 Å². The predicted molar refractivity (Wildman–Crippen MR) is 81.8 cm³/mol. The van der Waals surface area contributed by atoms with Crippen LogP contribution in [0.3, 0.4) is 0 Å². The summed E-state index contributed by atoms with van der Waals surface area (Å²) in [5.74, 6) is 1.73. The third-order valence-electron chi connectivity index (χ3n) is 4.10. The molecule has 8 heteroatoms. The van der Waals surface area contributed by atoms with E-state index in [0.717, 1.165) is 37.3 Å². The van der Waals surface area contributed by atoms with Crippen molar-refractivity contribution in [3.8, 4) is 0 Å². The van der Waals surface area contributed by atoms with Crippen molar-refractivity contribution >= 4 is 10.0 Å². The van der Waals surface area contributed by atoms with Crippen LogP contribution in [0.25, 0.3) is 0 Å². The van der Waals surface area contributed by atoms with Gasteiger partial charge in [0.2, 0.25) is 0 Å². The summed E-state index contributed by atoms with van der Waals surface area (Å²) in [4.78, 5) is 8.67. The number of aryl methyl sites for hydroxylation is 4. The molecule has 0 radical (unpaired) electrons. The van der Waals surface area contributed by atoms with Crippen molar-refractivity contribution in [3.63, 3.8) is 0 Å². The van der Waals surface area contributed by atoms with Crippen molar-refractivity contribution in [3.05, 3.63) is 29.7 Å². The van der Waals surface area contributed by atoms with Crippen LogP contribution in [-0.2, 0) is 36.6 Å². The zero-order chi connectivity index (χ0) is 15.9. The van der Waals surface area contributed by atoms with E-state index in [1.165, 1.54) is 4.31 Å². The minimum Gasteiger partial charge on any atom is -0.337 e. The zero-order valence-corrected chi connectivity index (χ0v) is 14.0. The second-order valence-electron chi connectivity index (χ2n) is 5.80. The standard InChI is InChI=1S/C14H21N5O2S/c1-11-15-14(10-17(11)2)22(20,21)18(3)8-12-9-19-7-5-4-6-13(19)16-12/h9-10H,4-8H2,1-3H3. The molecule has 0 atom stereocenters. The zero-order valence-electron chi connectivity index (χ0n) is 13.2. The number of hydrogen-bond donors (Lipinski definition) is 0. The molecule has 120 valence electrons. The van der Waals surface area contributed by atoms with Crippen LogP contribution in [-0.4, -0.2) is 38.9 Å². The molecular weight excluding hydrogens is 302 g/mol. The topological polar surface area (TPSA) is 73.0 Å². The van der Waals surface area contributed by atoms with Crippen LogP contribution in [0, 0.1) is 6.92 Å². The smallest absolute Gasteiger partial charge is 0.262 e. The highest BCUT2D eigenvalue weighted by atomic mass is 32.2. The van der Waals surface area contributed by atoms with E-state index in [2.05, 4.69) is 14.5 Å². The number of aromatic nitrogens is 4. The van der Waals surface area contributed by atoms with Gasteiger partial charge in [-0.25, -0.2) is 18.4 Å². The molecule has 7 nitrogen and oxygen atoms in total. The van der Waals surface area contributed by atoms with Crippen molar-refractivity contribution in [2.75, 3.05) is 7.05 Å². The molecule has 0 aromatic carbocycles. The fourth-order valence-electron chi connectivity index (χ4n) is 2.67. The molecule has 0 saturated heterocycles. The van der Waals surface area contributed by atoms with Crippen molar-refractivity contribution in [2.24, 2.45) is 7.05 Å². The first-order valence-corrected chi connectivity index (χ1v) is 8.83. The summed E-state index contributed by atoms with van der Waals surface area (Å²) >= 11 is 0. The normalized spacial score (nSPS) is 15.3. The molecule has 0 spiro atoms. The fourth-order valence-corrected chi connectivity index (χ4v) is 3.83. The lowest BCUT2D eigenvalue weighted by atomic mass is 10.2. The van der Waals surface area contributed by atoms with E-state index >= 15 is 0 Å². The van der Waals surface area contributed by atoms with Gasteiger partial charge in [0.1, 0.15) is 11.6 Å². The Kier molecular flexibility index (Phi) is 3.82. The van der Waals surface area contributed by atoms with Crippen LogP contribution in [0.4, 0.5) is 0 Å². The maximum atomic E-state index is 12.6. The lowest BCUT2D eigenvalue weighted by Gasteiger charge is -2.13. The number of nitrogens with zero attached hydrogens (tertiary/aromatic N) is 5. The number of fused-ring (bicyclic) bond motifs is 1. The Morgan fingerprint density at radius 3 is 2.68 bits per heavy atom. The second kappa shape index (κ2) is 5.51. The molecular formula is C14H21N5O2S. The van der Waals surface area contributed by atoms with Gasteiger partial charge in [-0.3, -0.25) is 0 Å². The van der Waals surface area contributed by atoms with Crippen LogP contribution >= 0.6 is 0 Å². The van der Waals surface area contributed by atoms with Gasteiger partial charge < -0.3 is 9.13 Å². The number of rotatable bonds is 4. The Bertz CT molecular complexity index is 747. The van der Waals surface area contributed by atoms with Crippen molar-refractivity contribution < 1.29 is 8.42 Å². The highest BCUT2D eigenvalue weighted by Gasteiger charge is 2.25. The van der Waals surface area contributed by atoms with Gasteiger partial charge in [0.05, 0.1) is 12.2 Å². The SMILES string of the molecule is Cc1nc(S(=O)(=O)N(C)Cc2cn3c(n2)CCCC3)cn1C. The quantitative estimate of drug-likeness (QED) is 0.844. The molecule has 1 aliphatic rings. The summed E-state index contributed by atoms with van der Waals surface area (Å²) in [6.07, 6.45) is 6.78. The number of hydrogen-bond acceptors (Lipinski definition) is 4. The van der Waals surface area contributed by atoms with Gasteiger partial charge in [-0.15, -0.1) is 0 Å². The third-order valence-corrected chi connectivity index (χ3v) is 5.78. The van der Waals surface area contributed by atoms with Gasteiger partial charge in [-0.2, -0.15) is 4.31 Å². The maximum absolute atomic E-state index is 12.6. The molecule has 0 fully saturated rings. The van der Waals surface area contributed by atoms with Gasteiger partial charge in [-0.1, -0.05) is 0 Å². The minimum atomic E-state index is -3.59. The lowest BCUT2D eigenvalue weighted by Crippen LogP contribution is -2.27. The Morgan fingerprint density at radius 1 is 1.27 bits per heavy atom. The molecule has 3 rings (SSSR count). The highest BCUT2D eigenvalue weighted by Crippen LogP contribution is 2.18. The van der Waals surface area contributed by atoms with Crippen LogP contribution in [0.15, 0.2) is 17.4 Å². The Hall–Kier alpha value is -1.67. The van der Waals surface area contributed by atoms with Crippen LogP contribution in [0.5, 0.6) is 0 Å². The fraction of sp³-hybridized carbons (Fsp3) is 0.571. The first kappa shape index (κ1) is 15.2. The van der Waals surface area contributed by atoms with Gasteiger partial charge in [-0.05, 0) is 19.8 Å². The third kappa shape index (κ3) is 2.68. The minimum absolute atomic E-state index is 0.0824. The summed E-state index contributed by atoms with van der Waals surface area (Å²) in [7, 11) is -0.238. The van der Waals surface area contributed by atoms with Crippen molar-refractivity contribution in [1.29, 1.82) is 0 Å². The highest BCUT2D eigenvalue weighted by molar-refractivity contribution is 7.89. The molecule has 1 aliphatic heterocycles. The molecule has 2 aromatic rings. The molecule has 0 amide bonds. The van der Waals surface area contributed by atoms with Crippen molar-refractivity contribution in [1.82, 2.24) is 23.4 Å². The van der Waals surface area contributed by atoms with Crippen LogP contribution in [0.1, 0.15) is 30.2 Å². The van der Waals surface area contributed by atoms with Gasteiger partial charge in [0.15, 0.2) is 5.03 Å². The van der Waals surface area contributed by atoms with E-state index < -0.39 is 10.0 Å². The van der Waals surface area contributed by atoms with Gasteiger partial charge in [0, 0.05) is 39.5 Å². The average Bonchev–Trinajstić information content (AvgIpc) is 3.02. The molecule has 0 saturated carbocycles. The van der Waals surface area contributed by atoms with Crippen LogP contribution in [0.2, 0.25) is 0 Å². The molecule has 3 heterocycles. The van der Waals surface area contributed by atoms with E-state index in [-0.39, 0.29) is 11.6 Å². The Morgan fingerprint density at radius 2 is 2.05 bits per heavy atom. The van der Waals surface area contributed by atoms with E-state index in [9.17, 15) is 8.42 Å². The Balaban J connectivity index is 1.81. The van der Waals surface area contributed by atoms with Crippen molar-refractivity contribution in [2.45, 2.75) is 44.3 Å². The first-order chi connectivity index (χ1) is 10.4.